The Morgan fingerprint density at radius 1 is 1.39 bits per heavy atom. The van der Waals surface area contributed by atoms with E-state index in [2.05, 4.69) is 15.3 Å². The van der Waals surface area contributed by atoms with Crippen LogP contribution in [0.4, 0.5) is 24.9 Å². The predicted octanol–water partition coefficient (Wildman–Crippen LogP) is 2.95. The predicted molar refractivity (Wildman–Crippen MR) is 65.1 cm³/mol. The molecule has 0 aromatic carbocycles. The van der Waals surface area contributed by atoms with E-state index in [4.69, 9.17) is 11.6 Å². The van der Waals surface area contributed by atoms with Gasteiger partial charge in [0.15, 0.2) is 5.82 Å². The van der Waals surface area contributed by atoms with E-state index in [1.165, 1.54) is 6.20 Å². The lowest BCUT2D eigenvalue weighted by Crippen LogP contribution is -2.35. The number of nitrogens with zero attached hydrogens (tertiary/aromatic N) is 3. The summed E-state index contributed by atoms with van der Waals surface area (Å²) in [5, 5.41) is 2.93. The number of hydrogen-bond donors (Lipinski definition) is 1. The standard InChI is InChI=1S/C10H14ClF3N4/c1-3-15-9-16-5-7(11)8(17-9)18(4-2)6-10(12,13)14/h5H,3-4,6H2,1-2H3,(H,15,16,17). The molecule has 0 saturated heterocycles. The number of nitrogens with one attached hydrogen (secondary N) is 1. The monoisotopic (exact) mass is 282 g/mol. The van der Waals surface area contributed by atoms with E-state index >= 15 is 0 Å². The second kappa shape index (κ2) is 6.08. The number of hydrogen-bond acceptors (Lipinski definition) is 4. The summed E-state index contributed by atoms with van der Waals surface area (Å²) in [7, 11) is 0. The normalized spacial score (nSPS) is 11.4. The quantitative estimate of drug-likeness (QED) is 0.901. The Morgan fingerprint density at radius 3 is 2.56 bits per heavy atom. The minimum Gasteiger partial charge on any atom is -0.354 e. The van der Waals surface area contributed by atoms with Crippen LogP contribution in [0.25, 0.3) is 0 Å². The van der Waals surface area contributed by atoms with Gasteiger partial charge in [-0.15, -0.1) is 0 Å². The second-order valence-corrected chi connectivity index (χ2v) is 3.93. The van der Waals surface area contributed by atoms with Crippen LogP contribution >= 0.6 is 11.6 Å². The molecular weight excluding hydrogens is 269 g/mol. The molecule has 102 valence electrons. The van der Waals surface area contributed by atoms with Crippen LogP contribution in [0.2, 0.25) is 5.02 Å². The number of alkyl halides is 3. The molecular formula is C10H14ClF3N4. The molecule has 1 aromatic rings. The Bertz CT molecular complexity index is 397. The van der Waals surface area contributed by atoms with Gasteiger partial charge < -0.3 is 10.2 Å². The van der Waals surface area contributed by atoms with Crippen molar-refractivity contribution >= 4 is 23.4 Å². The van der Waals surface area contributed by atoms with E-state index < -0.39 is 12.7 Å². The first-order valence-corrected chi connectivity index (χ1v) is 5.83. The third kappa shape index (κ3) is 4.21. The molecule has 0 spiro atoms. The van der Waals surface area contributed by atoms with Crippen molar-refractivity contribution < 1.29 is 13.2 Å². The molecule has 4 nitrogen and oxygen atoms in total. The molecule has 18 heavy (non-hydrogen) atoms. The second-order valence-electron chi connectivity index (χ2n) is 3.52. The molecule has 1 N–H and O–H groups in total. The fourth-order valence-electron chi connectivity index (χ4n) is 1.38. The van der Waals surface area contributed by atoms with Gasteiger partial charge >= 0.3 is 6.18 Å². The molecule has 0 unspecified atom stereocenters. The van der Waals surface area contributed by atoms with Crippen LogP contribution in [0, 0.1) is 0 Å². The largest absolute Gasteiger partial charge is 0.405 e. The molecule has 1 rings (SSSR count). The summed E-state index contributed by atoms with van der Waals surface area (Å²) in [6.45, 7) is 3.09. The zero-order chi connectivity index (χ0) is 13.8. The van der Waals surface area contributed by atoms with Gasteiger partial charge in [0, 0.05) is 13.1 Å². The maximum absolute atomic E-state index is 12.4. The molecule has 0 amide bonds. The number of halogens is 4. The first kappa shape index (κ1) is 14.8. The van der Waals surface area contributed by atoms with Gasteiger partial charge in [-0.1, -0.05) is 11.6 Å². The van der Waals surface area contributed by atoms with E-state index in [1.54, 1.807) is 6.92 Å². The van der Waals surface area contributed by atoms with Gasteiger partial charge in [-0.2, -0.15) is 18.2 Å². The molecule has 0 aliphatic carbocycles. The topological polar surface area (TPSA) is 41.1 Å². The van der Waals surface area contributed by atoms with Crippen LogP contribution in [0.1, 0.15) is 13.8 Å². The lowest BCUT2D eigenvalue weighted by molar-refractivity contribution is -0.119. The molecule has 0 radical (unpaired) electrons. The summed E-state index contributed by atoms with van der Waals surface area (Å²) < 4.78 is 37.2. The van der Waals surface area contributed by atoms with E-state index in [1.807, 2.05) is 6.92 Å². The average molecular weight is 283 g/mol. The lowest BCUT2D eigenvalue weighted by atomic mass is 10.4. The summed E-state index contributed by atoms with van der Waals surface area (Å²) in [5.41, 5.74) is 0. The van der Waals surface area contributed by atoms with Crippen molar-refractivity contribution in [3.63, 3.8) is 0 Å². The highest BCUT2D eigenvalue weighted by Crippen LogP contribution is 2.27. The van der Waals surface area contributed by atoms with Gasteiger partial charge in [-0.3, -0.25) is 0 Å². The van der Waals surface area contributed by atoms with Crippen molar-refractivity contribution in [2.24, 2.45) is 0 Å². The van der Waals surface area contributed by atoms with Gasteiger partial charge in [0.1, 0.15) is 11.6 Å². The highest BCUT2D eigenvalue weighted by Gasteiger charge is 2.31. The van der Waals surface area contributed by atoms with Crippen LogP contribution in [0.3, 0.4) is 0 Å². The molecule has 0 saturated carbocycles. The minimum absolute atomic E-state index is 0.0856. The lowest BCUT2D eigenvalue weighted by Gasteiger charge is -2.24. The zero-order valence-corrected chi connectivity index (χ0v) is 10.8. The number of rotatable bonds is 5. The molecule has 0 fully saturated rings. The van der Waals surface area contributed by atoms with Crippen molar-refractivity contribution in [3.8, 4) is 0 Å². The fourth-order valence-corrected chi connectivity index (χ4v) is 1.59. The van der Waals surface area contributed by atoms with Gasteiger partial charge in [-0.05, 0) is 13.8 Å². The van der Waals surface area contributed by atoms with Gasteiger partial charge in [0.25, 0.3) is 0 Å². The molecule has 1 aromatic heterocycles. The zero-order valence-electron chi connectivity index (χ0n) is 10.1. The maximum Gasteiger partial charge on any atom is 0.405 e. The molecule has 8 heteroatoms. The summed E-state index contributed by atoms with van der Waals surface area (Å²) >= 11 is 5.84. The molecule has 0 bridgehead atoms. The minimum atomic E-state index is -4.30. The Kier molecular flexibility index (Phi) is 5.01. The van der Waals surface area contributed by atoms with Gasteiger partial charge in [0.05, 0.1) is 6.20 Å². The van der Waals surface area contributed by atoms with Crippen LogP contribution in [0.15, 0.2) is 6.20 Å². The molecule has 0 atom stereocenters. The highest BCUT2D eigenvalue weighted by molar-refractivity contribution is 6.32. The Labute approximate surface area is 108 Å². The van der Waals surface area contributed by atoms with Crippen LogP contribution in [0.5, 0.6) is 0 Å². The SMILES string of the molecule is CCNc1ncc(Cl)c(N(CC)CC(F)(F)F)n1. The Hall–Kier alpha value is -1.24. The smallest absolute Gasteiger partial charge is 0.354 e. The van der Waals surface area contributed by atoms with Crippen LogP contribution in [-0.4, -0.2) is 35.8 Å². The van der Waals surface area contributed by atoms with Crippen molar-refractivity contribution in [1.82, 2.24) is 9.97 Å². The Morgan fingerprint density at radius 2 is 2.06 bits per heavy atom. The number of anilines is 2. The Balaban J connectivity index is 3.00. The van der Waals surface area contributed by atoms with Crippen molar-refractivity contribution in [3.05, 3.63) is 11.2 Å². The molecule has 0 aliphatic heterocycles. The summed E-state index contributed by atoms with van der Waals surface area (Å²) in [5.74, 6) is 0.347. The van der Waals surface area contributed by atoms with E-state index in [9.17, 15) is 13.2 Å². The van der Waals surface area contributed by atoms with Crippen LogP contribution in [-0.2, 0) is 0 Å². The first-order valence-electron chi connectivity index (χ1n) is 5.45. The number of aromatic nitrogens is 2. The van der Waals surface area contributed by atoms with Crippen molar-refractivity contribution in [2.75, 3.05) is 29.9 Å². The summed E-state index contributed by atoms with van der Waals surface area (Å²) in [6.07, 6.45) is -3.01. The third-order valence-electron chi connectivity index (χ3n) is 2.11. The van der Waals surface area contributed by atoms with Crippen molar-refractivity contribution in [1.29, 1.82) is 0 Å². The van der Waals surface area contributed by atoms with Crippen LogP contribution < -0.4 is 10.2 Å². The summed E-state index contributed by atoms with van der Waals surface area (Å²) in [4.78, 5) is 8.93. The maximum atomic E-state index is 12.4. The third-order valence-corrected chi connectivity index (χ3v) is 2.38. The van der Waals surface area contributed by atoms with Crippen molar-refractivity contribution in [2.45, 2.75) is 20.0 Å². The highest BCUT2D eigenvalue weighted by atomic mass is 35.5. The molecule has 0 aliphatic rings. The van der Waals surface area contributed by atoms with Gasteiger partial charge in [0.2, 0.25) is 5.95 Å². The first-order chi connectivity index (χ1) is 8.37. The van der Waals surface area contributed by atoms with E-state index in [-0.39, 0.29) is 23.3 Å². The average Bonchev–Trinajstić information content (AvgIpc) is 2.28. The van der Waals surface area contributed by atoms with E-state index in [0.29, 0.717) is 6.54 Å². The fraction of sp³-hybridized carbons (Fsp3) is 0.600. The van der Waals surface area contributed by atoms with E-state index in [0.717, 1.165) is 4.90 Å². The van der Waals surface area contributed by atoms with Gasteiger partial charge in [-0.25, -0.2) is 4.98 Å². The summed E-state index contributed by atoms with van der Waals surface area (Å²) in [6, 6.07) is 0. The molecule has 1 heterocycles.